The lowest BCUT2D eigenvalue weighted by Gasteiger charge is -2.36. The predicted molar refractivity (Wildman–Crippen MR) is 116 cm³/mol. The number of anilines is 2. The number of hydrogen-bond acceptors (Lipinski definition) is 4. The van der Waals surface area contributed by atoms with Crippen molar-refractivity contribution in [1.29, 1.82) is 5.26 Å². The Morgan fingerprint density at radius 2 is 1.86 bits per heavy atom. The van der Waals surface area contributed by atoms with Crippen molar-refractivity contribution in [2.75, 3.05) is 36.4 Å². The lowest BCUT2D eigenvalue weighted by atomic mass is 10.2. The van der Waals surface area contributed by atoms with E-state index >= 15 is 0 Å². The number of nitriles is 1. The van der Waals surface area contributed by atoms with E-state index in [0.29, 0.717) is 26.2 Å². The van der Waals surface area contributed by atoms with Crippen LogP contribution >= 0.6 is 22.6 Å². The van der Waals surface area contributed by atoms with Crippen molar-refractivity contribution in [2.45, 2.75) is 6.92 Å². The fraction of sp³-hybridized carbons (Fsp3) is 0.238. The molecule has 0 bridgehead atoms. The molecule has 1 saturated heterocycles. The first-order valence-electron chi connectivity index (χ1n) is 8.90. The molecule has 0 unspecified atom stereocenters. The highest BCUT2D eigenvalue weighted by molar-refractivity contribution is 14.1. The summed E-state index contributed by atoms with van der Waals surface area (Å²) in [4.78, 5) is 16.5. The number of carbonyl (C=O) groups excluding carboxylic acids is 1. The van der Waals surface area contributed by atoms with Crippen LogP contribution in [0.2, 0.25) is 0 Å². The van der Waals surface area contributed by atoms with Crippen LogP contribution in [0.3, 0.4) is 0 Å². The van der Waals surface area contributed by atoms with E-state index in [9.17, 15) is 14.4 Å². The van der Waals surface area contributed by atoms with Crippen LogP contribution < -0.4 is 10.2 Å². The van der Waals surface area contributed by atoms with Gasteiger partial charge in [0, 0.05) is 47.3 Å². The topological polar surface area (TPSA) is 59.4 Å². The zero-order valence-electron chi connectivity index (χ0n) is 15.5. The molecule has 3 rings (SSSR count). The molecule has 144 valence electrons. The Morgan fingerprint density at radius 3 is 2.46 bits per heavy atom. The van der Waals surface area contributed by atoms with Crippen LogP contribution in [0.25, 0.3) is 0 Å². The van der Waals surface area contributed by atoms with Crippen LogP contribution in [0.4, 0.5) is 15.8 Å². The van der Waals surface area contributed by atoms with Crippen molar-refractivity contribution in [1.82, 2.24) is 4.90 Å². The Morgan fingerprint density at radius 1 is 1.18 bits per heavy atom. The minimum absolute atomic E-state index is 0.0770. The molecular weight excluding hydrogens is 470 g/mol. The van der Waals surface area contributed by atoms with Gasteiger partial charge < -0.3 is 15.1 Å². The van der Waals surface area contributed by atoms with Gasteiger partial charge in [0.05, 0.1) is 0 Å². The highest BCUT2D eigenvalue weighted by atomic mass is 127. The standard InChI is InChI=1S/C21H20FIN4O/c1-15-12-18(23)4-7-20(15)25-14-16(13-24)21(28)27-10-8-26(9-11-27)19-5-2-17(22)3-6-19/h2-7,12,14,25H,8-11H2,1H3/b16-14-. The van der Waals surface area contributed by atoms with E-state index in [2.05, 4.69) is 32.8 Å². The monoisotopic (exact) mass is 490 g/mol. The zero-order chi connectivity index (χ0) is 20.1. The minimum Gasteiger partial charge on any atom is -0.368 e. The molecule has 0 radical (unpaired) electrons. The maximum Gasteiger partial charge on any atom is 0.266 e. The lowest BCUT2D eigenvalue weighted by Crippen LogP contribution is -2.49. The largest absolute Gasteiger partial charge is 0.368 e. The fourth-order valence-corrected chi connectivity index (χ4v) is 3.72. The molecule has 0 spiro atoms. The maximum atomic E-state index is 13.1. The first-order valence-corrected chi connectivity index (χ1v) is 9.98. The smallest absolute Gasteiger partial charge is 0.266 e. The molecule has 1 fully saturated rings. The van der Waals surface area contributed by atoms with Crippen molar-refractivity contribution in [3.05, 3.63) is 69.2 Å². The SMILES string of the molecule is Cc1cc(I)ccc1N/C=C(/C#N)C(=O)N1CCN(c2ccc(F)cc2)CC1. The third-order valence-electron chi connectivity index (χ3n) is 4.67. The Kier molecular flexibility index (Phi) is 6.52. The summed E-state index contributed by atoms with van der Waals surface area (Å²) in [6, 6.07) is 14.3. The van der Waals surface area contributed by atoms with Gasteiger partial charge in [0.25, 0.3) is 5.91 Å². The van der Waals surface area contributed by atoms with Crippen LogP contribution in [-0.4, -0.2) is 37.0 Å². The number of nitrogens with one attached hydrogen (secondary N) is 1. The lowest BCUT2D eigenvalue weighted by molar-refractivity contribution is -0.127. The molecule has 0 atom stereocenters. The van der Waals surface area contributed by atoms with Crippen LogP contribution in [0.5, 0.6) is 0 Å². The average molecular weight is 490 g/mol. The van der Waals surface area contributed by atoms with Crippen molar-refractivity contribution in [3.8, 4) is 6.07 Å². The molecule has 28 heavy (non-hydrogen) atoms. The summed E-state index contributed by atoms with van der Waals surface area (Å²) in [5.41, 5.74) is 2.91. The summed E-state index contributed by atoms with van der Waals surface area (Å²) in [6.07, 6.45) is 1.48. The second kappa shape index (κ2) is 9.06. The number of nitrogens with zero attached hydrogens (tertiary/aromatic N) is 3. The van der Waals surface area contributed by atoms with E-state index in [-0.39, 0.29) is 17.3 Å². The van der Waals surface area contributed by atoms with Crippen molar-refractivity contribution >= 4 is 39.9 Å². The number of piperazine rings is 1. The number of hydrogen-bond donors (Lipinski definition) is 1. The van der Waals surface area contributed by atoms with Gasteiger partial charge in [-0.3, -0.25) is 4.79 Å². The van der Waals surface area contributed by atoms with Gasteiger partial charge in [-0.1, -0.05) is 0 Å². The third kappa shape index (κ3) is 4.81. The second-order valence-corrected chi connectivity index (χ2v) is 7.77. The Bertz CT molecular complexity index is 928. The molecule has 1 amide bonds. The summed E-state index contributed by atoms with van der Waals surface area (Å²) < 4.78 is 14.2. The van der Waals surface area contributed by atoms with Gasteiger partial charge in [-0.15, -0.1) is 0 Å². The van der Waals surface area contributed by atoms with Crippen molar-refractivity contribution in [2.24, 2.45) is 0 Å². The summed E-state index contributed by atoms with van der Waals surface area (Å²) in [7, 11) is 0. The van der Waals surface area contributed by atoms with E-state index in [4.69, 9.17) is 0 Å². The number of halogens is 2. The van der Waals surface area contributed by atoms with Gasteiger partial charge in [-0.25, -0.2) is 4.39 Å². The average Bonchev–Trinajstić information content (AvgIpc) is 2.70. The molecule has 0 saturated carbocycles. The van der Waals surface area contributed by atoms with Crippen molar-refractivity contribution in [3.63, 3.8) is 0 Å². The van der Waals surface area contributed by atoms with Gasteiger partial charge >= 0.3 is 0 Å². The molecular formula is C21H20FIN4O. The normalized spacial score (nSPS) is 14.6. The first-order chi connectivity index (χ1) is 13.5. The maximum absolute atomic E-state index is 13.1. The second-order valence-electron chi connectivity index (χ2n) is 6.53. The van der Waals surface area contributed by atoms with Crippen LogP contribution in [0.1, 0.15) is 5.56 Å². The van der Waals surface area contributed by atoms with E-state index in [1.54, 1.807) is 17.0 Å². The summed E-state index contributed by atoms with van der Waals surface area (Å²) >= 11 is 2.24. The summed E-state index contributed by atoms with van der Waals surface area (Å²) in [6.45, 7) is 4.27. The Balaban J connectivity index is 1.62. The Labute approximate surface area is 177 Å². The summed E-state index contributed by atoms with van der Waals surface area (Å²) in [5, 5.41) is 12.5. The molecule has 2 aromatic rings. The van der Waals surface area contributed by atoms with E-state index in [0.717, 1.165) is 20.5 Å². The highest BCUT2D eigenvalue weighted by Crippen LogP contribution is 2.19. The van der Waals surface area contributed by atoms with Gasteiger partial charge in [0.1, 0.15) is 17.5 Å². The van der Waals surface area contributed by atoms with E-state index in [1.807, 2.05) is 31.2 Å². The van der Waals surface area contributed by atoms with Crippen LogP contribution in [0, 0.1) is 27.6 Å². The number of benzene rings is 2. The van der Waals surface area contributed by atoms with Crippen molar-refractivity contribution < 1.29 is 9.18 Å². The quantitative estimate of drug-likeness (QED) is 0.401. The highest BCUT2D eigenvalue weighted by Gasteiger charge is 2.24. The Hall–Kier alpha value is -2.60. The fourth-order valence-electron chi connectivity index (χ4n) is 3.07. The molecule has 2 aromatic carbocycles. The van der Waals surface area contributed by atoms with Gasteiger partial charge in [-0.05, 0) is 77.5 Å². The molecule has 1 aliphatic heterocycles. The number of rotatable bonds is 4. The molecule has 0 aromatic heterocycles. The van der Waals surface area contributed by atoms with E-state index < -0.39 is 0 Å². The predicted octanol–water partition coefficient (Wildman–Crippen LogP) is 3.91. The molecule has 1 N–H and O–H groups in total. The van der Waals surface area contributed by atoms with Crippen LogP contribution in [-0.2, 0) is 4.79 Å². The van der Waals surface area contributed by atoms with E-state index in [1.165, 1.54) is 18.3 Å². The first kappa shape index (κ1) is 20.1. The minimum atomic E-state index is -0.281. The summed E-state index contributed by atoms with van der Waals surface area (Å²) in [5.74, 6) is -0.547. The molecule has 5 nitrogen and oxygen atoms in total. The number of amides is 1. The van der Waals surface area contributed by atoms with Gasteiger partial charge in [-0.2, -0.15) is 5.26 Å². The molecule has 1 aliphatic rings. The third-order valence-corrected chi connectivity index (χ3v) is 5.34. The number of aryl methyl sites for hydroxylation is 1. The van der Waals surface area contributed by atoms with Gasteiger partial charge in [0.2, 0.25) is 0 Å². The molecule has 1 heterocycles. The van der Waals surface area contributed by atoms with Gasteiger partial charge in [0.15, 0.2) is 0 Å². The molecule has 0 aliphatic carbocycles. The zero-order valence-corrected chi connectivity index (χ0v) is 17.6. The molecule has 7 heteroatoms. The van der Waals surface area contributed by atoms with Crippen LogP contribution in [0.15, 0.2) is 54.2 Å². The number of carbonyl (C=O) groups is 1.